The van der Waals surface area contributed by atoms with E-state index >= 15 is 0 Å². The van der Waals surface area contributed by atoms with E-state index in [4.69, 9.17) is 9.47 Å². The van der Waals surface area contributed by atoms with Crippen LogP contribution in [0.1, 0.15) is 48.0 Å². The maximum atomic E-state index is 11.8. The Hall–Kier alpha value is -1.06. The Morgan fingerprint density at radius 1 is 1.06 bits per heavy atom. The first-order valence-corrected chi connectivity index (χ1v) is 5.47. The monoisotopic (exact) mass is 230 g/mol. The summed E-state index contributed by atoms with van der Waals surface area (Å²) in [6.07, 6.45) is 0.0375. The predicted molar refractivity (Wildman–Crippen MR) is 60.9 cm³/mol. The predicted octanol–water partition coefficient (Wildman–Crippen LogP) is 2.31. The normalized spacial score (nSPS) is 12.1. The molecule has 0 bridgehead atoms. The van der Waals surface area contributed by atoms with Crippen molar-refractivity contribution < 1.29 is 19.1 Å². The summed E-state index contributed by atoms with van der Waals surface area (Å²) in [5.41, 5.74) is -1.39. The molecule has 0 spiro atoms. The minimum atomic E-state index is -0.848. The highest BCUT2D eigenvalue weighted by atomic mass is 16.6. The molecule has 4 heteroatoms. The molecule has 0 rings (SSSR count). The van der Waals surface area contributed by atoms with Crippen molar-refractivity contribution in [2.75, 3.05) is 6.61 Å². The van der Waals surface area contributed by atoms with Crippen LogP contribution in [-0.4, -0.2) is 24.1 Å². The number of hydrogen-bond donors (Lipinski definition) is 0. The molecule has 0 aliphatic carbocycles. The van der Waals surface area contributed by atoms with Gasteiger partial charge in [0.25, 0.3) is 0 Å². The second-order valence-corrected chi connectivity index (χ2v) is 5.37. The molecule has 94 valence electrons. The average molecular weight is 230 g/mol. The quantitative estimate of drug-likeness (QED) is 0.695. The van der Waals surface area contributed by atoms with Crippen molar-refractivity contribution >= 4 is 11.9 Å². The molecule has 0 aliphatic heterocycles. The molecule has 0 aromatic rings. The van der Waals surface area contributed by atoms with Gasteiger partial charge < -0.3 is 9.47 Å². The second kappa shape index (κ2) is 5.32. The fourth-order valence-corrected chi connectivity index (χ4v) is 1.06. The molecular weight excluding hydrogens is 208 g/mol. The van der Waals surface area contributed by atoms with Crippen molar-refractivity contribution in [3.8, 4) is 0 Å². The highest BCUT2D eigenvalue weighted by molar-refractivity contribution is 5.83. The Bertz CT molecular complexity index is 261. The summed E-state index contributed by atoms with van der Waals surface area (Å²) in [4.78, 5) is 23.1. The van der Waals surface area contributed by atoms with E-state index in [1.54, 1.807) is 41.5 Å². The van der Waals surface area contributed by atoms with Crippen LogP contribution >= 0.6 is 0 Å². The summed E-state index contributed by atoms with van der Waals surface area (Å²) < 4.78 is 10.0. The van der Waals surface area contributed by atoms with E-state index in [1.807, 2.05) is 0 Å². The molecular formula is C12H22O4. The Balaban J connectivity index is 4.42. The Morgan fingerprint density at radius 2 is 1.56 bits per heavy atom. The highest BCUT2D eigenvalue weighted by Gasteiger charge is 2.35. The summed E-state index contributed by atoms with van der Waals surface area (Å²) in [6, 6.07) is 0. The van der Waals surface area contributed by atoms with Gasteiger partial charge >= 0.3 is 11.9 Å². The summed E-state index contributed by atoms with van der Waals surface area (Å²) in [7, 11) is 0. The number of carbonyl (C=O) groups excluding carboxylic acids is 2. The van der Waals surface area contributed by atoms with E-state index in [1.165, 1.54) is 0 Å². The Labute approximate surface area is 97.3 Å². The lowest BCUT2D eigenvalue weighted by atomic mass is 9.89. The summed E-state index contributed by atoms with van der Waals surface area (Å²) in [5.74, 6) is -0.758. The number of hydrogen-bond acceptors (Lipinski definition) is 4. The first kappa shape index (κ1) is 14.9. The van der Waals surface area contributed by atoms with Gasteiger partial charge in [0.2, 0.25) is 0 Å². The largest absolute Gasteiger partial charge is 0.466 e. The van der Waals surface area contributed by atoms with Gasteiger partial charge in [-0.05, 0) is 41.5 Å². The molecule has 0 saturated heterocycles. The van der Waals surface area contributed by atoms with E-state index in [-0.39, 0.29) is 18.4 Å². The maximum absolute atomic E-state index is 11.8. The van der Waals surface area contributed by atoms with Crippen LogP contribution in [0.3, 0.4) is 0 Å². The van der Waals surface area contributed by atoms with Gasteiger partial charge in [0.15, 0.2) is 0 Å². The molecule has 0 aliphatic rings. The van der Waals surface area contributed by atoms with E-state index in [2.05, 4.69) is 0 Å². The lowest BCUT2D eigenvalue weighted by Crippen LogP contribution is -2.35. The van der Waals surface area contributed by atoms with Gasteiger partial charge in [0, 0.05) is 0 Å². The first-order valence-electron chi connectivity index (χ1n) is 5.47. The van der Waals surface area contributed by atoms with E-state index < -0.39 is 11.0 Å². The van der Waals surface area contributed by atoms with E-state index in [0.717, 1.165) is 0 Å². The molecule has 4 nitrogen and oxygen atoms in total. The third-order valence-corrected chi connectivity index (χ3v) is 1.84. The third-order valence-electron chi connectivity index (χ3n) is 1.84. The van der Waals surface area contributed by atoms with E-state index in [0.29, 0.717) is 6.61 Å². The number of carbonyl (C=O) groups is 2. The number of rotatable bonds is 4. The van der Waals surface area contributed by atoms with Gasteiger partial charge in [-0.2, -0.15) is 0 Å². The zero-order chi connectivity index (χ0) is 13.0. The molecule has 0 radical (unpaired) electrons. The number of esters is 2. The smallest absolute Gasteiger partial charge is 0.312 e. The first-order chi connectivity index (χ1) is 7.08. The average Bonchev–Trinajstić information content (AvgIpc) is 1.99. The molecule has 0 aromatic heterocycles. The Kier molecular flexibility index (Phi) is 4.97. The molecule has 0 amide bonds. The summed E-state index contributed by atoms with van der Waals surface area (Å²) in [6.45, 7) is 10.8. The zero-order valence-corrected chi connectivity index (χ0v) is 11.0. The summed E-state index contributed by atoms with van der Waals surface area (Å²) in [5, 5.41) is 0. The Morgan fingerprint density at radius 3 is 1.94 bits per heavy atom. The van der Waals surface area contributed by atoms with Crippen LogP contribution in [-0.2, 0) is 19.1 Å². The minimum Gasteiger partial charge on any atom is -0.466 e. The number of ether oxygens (including phenoxy) is 2. The van der Waals surface area contributed by atoms with Crippen molar-refractivity contribution in [2.24, 2.45) is 5.41 Å². The third kappa shape index (κ3) is 5.73. The molecule has 0 aromatic carbocycles. The van der Waals surface area contributed by atoms with Gasteiger partial charge in [-0.15, -0.1) is 0 Å². The van der Waals surface area contributed by atoms with Gasteiger partial charge in [-0.25, -0.2) is 0 Å². The molecule has 0 saturated carbocycles. The lowest BCUT2D eigenvalue weighted by Gasteiger charge is -2.27. The molecule has 0 atom stereocenters. The van der Waals surface area contributed by atoms with Crippen LogP contribution in [0.4, 0.5) is 0 Å². The van der Waals surface area contributed by atoms with Crippen LogP contribution < -0.4 is 0 Å². The van der Waals surface area contributed by atoms with Gasteiger partial charge in [-0.3, -0.25) is 9.59 Å². The van der Waals surface area contributed by atoms with Crippen LogP contribution in [0.25, 0.3) is 0 Å². The second-order valence-electron chi connectivity index (χ2n) is 5.37. The fourth-order valence-electron chi connectivity index (χ4n) is 1.06. The van der Waals surface area contributed by atoms with E-state index in [9.17, 15) is 9.59 Å². The van der Waals surface area contributed by atoms with Gasteiger partial charge in [0.1, 0.15) is 5.60 Å². The summed E-state index contributed by atoms with van der Waals surface area (Å²) >= 11 is 0. The van der Waals surface area contributed by atoms with Crippen LogP contribution in [0.2, 0.25) is 0 Å². The van der Waals surface area contributed by atoms with Crippen LogP contribution in [0, 0.1) is 5.41 Å². The molecule has 0 heterocycles. The van der Waals surface area contributed by atoms with Crippen molar-refractivity contribution in [1.82, 2.24) is 0 Å². The molecule has 0 fully saturated rings. The fraction of sp³-hybridized carbons (Fsp3) is 0.833. The SMILES string of the molecule is CCOC(=O)CC(C)(C)C(=O)OC(C)(C)C. The van der Waals surface area contributed by atoms with Crippen molar-refractivity contribution in [2.45, 2.75) is 53.6 Å². The lowest BCUT2D eigenvalue weighted by molar-refractivity contribution is -0.169. The molecule has 16 heavy (non-hydrogen) atoms. The topological polar surface area (TPSA) is 52.6 Å². The van der Waals surface area contributed by atoms with Crippen molar-refractivity contribution in [3.63, 3.8) is 0 Å². The molecule has 0 N–H and O–H groups in total. The van der Waals surface area contributed by atoms with Crippen LogP contribution in [0.15, 0.2) is 0 Å². The molecule has 0 unspecified atom stereocenters. The van der Waals surface area contributed by atoms with Crippen molar-refractivity contribution in [3.05, 3.63) is 0 Å². The van der Waals surface area contributed by atoms with Gasteiger partial charge in [-0.1, -0.05) is 0 Å². The standard InChI is InChI=1S/C12H22O4/c1-7-15-9(13)8-12(5,6)10(14)16-11(2,3)4/h7-8H2,1-6H3. The maximum Gasteiger partial charge on any atom is 0.312 e. The van der Waals surface area contributed by atoms with Gasteiger partial charge in [0.05, 0.1) is 18.4 Å². The van der Waals surface area contributed by atoms with Crippen LogP contribution in [0.5, 0.6) is 0 Å². The highest BCUT2D eigenvalue weighted by Crippen LogP contribution is 2.25. The zero-order valence-electron chi connectivity index (χ0n) is 11.0. The minimum absolute atomic E-state index is 0.0375. The van der Waals surface area contributed by atoms with Crippen molar-refractivity contribution in [1.29, 1.82) is 0 Å².